The van der Waals surface area contributed by atoms with E-state index in [2.05, 4.69) is 147 Å². The Kier molecular flexibility index (Phi) is 29.8. The van der Waals surface area contributed by atoms with Crippen LogP contribution in [0.5, 0.6) is 0 Å². The smallest absolute Gasteiger partial charge is 0.276 e. The lowest BCUT2D eigenvalue weighted by Gasteiger charge is -2.14. The SMILES string of the molecule is CN(C)Cc1ccc(NC(=O)c2n[nH]c3ccc(-c4cncc(CN(C)C)c4)cc23)cc1.CN(C)Cc1cccc(NC(=O)c2n[nH]c3ccc(-c4cncc(CN(C)C)c4)cc23)c1.CN(C)Cc1cccc(NC(=O)c2n[nH]c3ccc(-c4cncc(CN5CCCC5)c4)cc23)c1.CN(C)Cc1cncc(-c2ccc3[nH]nc(C(=O)Nc4ccc(N(C)C)cc4)c3c2)c1. The van der Waals surface area contributed by atoms with E-state index >= 15 is 0 Å². The summed E-state index contributed by atoms with van der Waals surface area (Å²) in [6.45, 7) is 8.15. The van der Waals surface area contributed by atoms with Crippen molar-refractivity contribution in [3.05, 3.63) is 305 Å². The Bertz CT molecular complexity index is 6560. The van der Waals surface area contributed by atoms with Crippen molar-refractivity contribution in [3.63, 3.8) is 0 Å². The zero-order valence-corrected chi connectivity index (χ0v) is 75.7. The fourth-order valence-corrected chi connectivity index (χ4v) is 15.6. The molecule has 1 aliphatic heterocycles. The van der Waals surface area contributed by atoms with E-state index in [9.17, 15) is 19.2 Å². The molecule has 129 heavy (non-hydrogen) atoms. The summed E-state index contributed by atoms with van der Waals surface area (Å²) in [6, 6.07) is 63.8. The Balaban J connectivity index is 0.000000139. The number of likely N-dealkylation sites (tertiary alicyclic amines) is 1. The van der Waals surface area contributed by atoms with Crippen molar-refractivity contribution in [2.24, 2.45) is 0 Å². The molecule has 9 heterocycles. The lowest BCUT2D eigenvalue weighted by atomic mass is 10.0. The van der Waals surface area contributed by atoms with E-state index in [1.807, 2.05) is 317 Å². The number of anilines is 5. The number of aromatic amines is 4. The molecule has 0 atom stereocenters. The lowest BCUT2D eigenvalue weighted by molar-refractivity contribution is 0.101. The topological polar surface area (TPSA) is 309 Å². The number of hydrogen-bond donors (Lipinski definition) is 8. The Labute approximate surface area is 752 Å². The minimum absolute atomic E-state index is 0.230. The van der Waals surface area contributed by atoms with Gasteiger partial charge < -0.3 is 55.6 Å². The third-order valence-electron chi connectivity index (χ3n) is 21.4. The second kappa shape index (κ2) is 42.3. The zero-order chi connectivity index (χ0) is 90.8. The van der Waals surface area contributed by atoms with Crippen molar-refractivity contribution in [1.82, 2.24) is 95.0 Å². The number of fused-ring (bicyclic) bond motifs is 4. The second-order valence-corrected chi connectivity index (χ2v) is 34.4. The van der Waals surface area contributed by atoms with E-state index in [1.165, 1.54) is 24.0 Å². The summed E-state index contributed by atoms with van der Waals surface area (Å²) in [4.78, 5) is 86.7. The van der Waals surface area contributed by atoms with Gasteiger partial charge in [-0.1, -0.05) is 60.7 Å². The molecule has 0 saturated carbocycles. The number of nitrogens with zero attached hydrogens (tertiary/aromatic N) is 16. The largest absolute Gasteiger partial charge is 0.378 e. The highest BCUT2D eigenvalue weighted by Crippen LogP contribution is 2.33. The van der Waals surface area contributed by atoms with Crippen molar-refractivity contribution in [2.45, 2.75) is 58.7 Å². The summed E-state index contributed by atoms with van der Waals surface area (Å²) < 4.78 is 0. The molecule has 0 radical (unpaired) electrons. The van der Waals surface area contributed by atoms with E-state index < -0.39 is 0 Å². The fraction of sp³-hybridized carbons (Fsp3) is 0.248. The van der Waals surface area contributed by atoms with Crippen LogP contribution in [-0.2, 0) is 45.8 Å². The van der Waals surface area contributed by atoms with Crippen LogP contribution in [0.3, 0.4) is 0 Å². The maximum atomic E-state index is 13.1. The number of pyridine rings is 4. The normalized spacial score (nSPS) is 12.1. The molecule has 660 valence electrons. The Morgan fingerprint density at radius 3 is 0.891 bits per heavy atom. The highest BCUT2D eigenvalue weighted by Gasteiger charge is 2.23. The van der Waals surface area contributed by atoms with Gasteiger partial charge in [-0.15, -0.1) is 0 Å². The first-order valence-electron chi connectivity index (χ1n) is 42.8. The standard InChI is InChI=1S/C27H30N6O.2C25H28N6O.C24H26N6O/c1-32(2)17-19-6-5-7-23(13-19)29-27(34)26-24-14-21(8-9-25(24)30-31-26)22-12-20(15-28-16-22)18-33-10-3-4-11-33;1-30(2)15-17-5-8-21(9-6-17)27-25(32)24-22-12-19(7-10-23(22)28-29-24)20-11-18(13-26-14-20)16-31(3)4;1-30(2)15-17-6-5-7-21(11-17)27-25(32)24-22-12-19(8-9-23(22)28-29-24)20-10-18(13-26-14-20)16-31(3)4;1-29(2)15-16-11-18(14-25-13-16)17-5-10-22-21(12-17)23(28-27-22)24(31)26-19-6-8-20(9-7-19)30(3)4/h5-9,12-16H,3-4,10-11,17-18H2,1-2H3,(H,29,34)(H,30,31);2*5-14H,15-16H2,1-4H3,(H,27,32)(H,28,29);5-14H,15H2,1-4H3,(H,26,31)(H,27,28). The van der Waals surface area contributed by atoms with Gasteiger partial charge in [0.25, 0.3) is 23.6 Å². The number of carbonyl (C=O) groups excluding carboxylic acids is 4. The molecule has 16 aromatic rings. The summed E-state index contributed by atoms with van der Waals surface area (Å²) >= 11 is 0. The van der Waals surface area contributed by atoms with Gasteiger partial charge in [0, 0.05) is 182 Å². The van der Waals surface area contributed by atoms with E-state index in [-0.39, 0.29) is 23.6 Å². The molecule has 0 bridgehead atoms. The highest BCUT2D eigenvalue weighted by atomic mass is 16.2. The zero-order valence-electron chi connectivity index (χ0n) is 75.7. The average Bonchev–Trinajstić information content (AvgIpc) is 1.69. The maximum Gasteiger partial charge on any atom is 0.276 e. The number of benzene rings is 8. The first kappa shape index (κ1) is 90.9. The monoisotopic (exact) mass is 1720 g/mol. The van der Waals surface area contributed by atoms with Gasteiger partial charge >= 0.3 is 0 Å². The summed E-state index contributed by atoms with van der Waals surface area (Å²) in [5.41, 5.74) is 25.0. The number of rotatable bonds is 27. The molecule has 0 spiro atoms. The van der Waals surface area contributed by atoms with Crippen LogP contribution in [-0.4, -0.2) is 230 Å². The molecule has 4 amide bonds. The maximum absolute atomic E-state index is 13.1. The van der Waals surface area contributed by atoms with Crippen LogP contribution in [0, 0.1) is 0 Å². The van der Waals surface area contributed by atoms with Gasteiger partial charge in [-0.25, -0.2) is 0 Å². The van der Waals surface area contributed by atoms with E-state index in [1.54, 1.807) is 0 Å². The fourth-order valence-electron chi connectivity index (χ4n) is 15.6. The number of amides is 4. The average molecular weight is 1730 g/mol. The molecule has 8 N–H and O–H groups in total. The predicted molar refractivity (Wildman–Crippen MR) is 518 cm³/mol. The molecule has 0 aliphatic carbocycles. The quantitative estimate of drug-likeness (QED) is 0.0237. The molecule has 0 unspecified atom stereocenters. The van der Waals surface area contributed by atoms with Crippen LogP contribution in [0.25, 0.3) is 88.1 Å². The minimum Gasteiger partial charge on any atom is -0.378 e. The Morgan fingerprint density at radius 1 is 0.287 bits per heavy atom. The third kappa shape index (κ3) is 24.5. The van der Waals surface area contributed by atoms with Gasteiger partial charge in [-0.2, -0.15) is 20.4 Å². The van der Waals surface area contributed by atoms with Crippen LogP contribution < -0.4 is 26.2 Å². The van der Waals surface area contributed by atoms with Crippen molar-refractivity contribution in [1.29, 1.82) is 0 Å². The third-order valence-corrected chi connectivity index (χ3v) is 21.4. The molecular formula is C101H112N24O4. The van der Waals surface area contributed by atoms with E-state index in [0.29, 0.717) is 22.8 Å². The number of carbonyl (C=O) groups is 4. The first-order chi connectivity index (χ1) is 62.2. The van der Waals surface area contributed by atoms with Crippen molar-refractivity contribution < 1.29 is 19.2 Å². The minimum atomic E-state index is -0.250. The van der Waals surface area contributed by atoms with E-state index in [4.69, 9.17) is 0 Å². The highest BCUT2D eigenvalue weighted by molar-refractivity contribution is 6.15. The first-order valence-corrected chi connectivity index (χ1v) is 42.8. The van der Waals surface area contributed by atoms with Gasteiger partial charge in [0.05, 0.1) is 22.1 Å². The number of H-pyrrole nitrogens is 4. The number of aromatic nitrogens is 12. The molecule has 8 aromatic carbocycles. The van der Waals surface area contributed by atoms with Crippen molar-refractivity contribution >= 4 is 95.7 Å². The summed E-state index contributed by atoms with van der Waals surface area (Å²) in [6.07, 6.45) is 17.5. The van der Waals surface area contributed by atoms with Gasteiger partial charge in [0.15, 0.2) is 22.8 Å². The summed E-state index contributed by atoms with van der Waals surface area (Å²) in [5.74, 6) is -0.963. The summed E-state index contributed by atoms with van der Waals surface area (Å²) in [7, 11) is 28.3. The Hall–Kier alpha value is -14.4. The molecule has 17 rings (SSSR count). The van der Waals surface area contributed by atoms with Crippen LogP contribution in [0.2, 0.25) is 0 Å². The van der Waals surface area contributed by atoms with Gasteiger partial charge in [0.1, 0.15) is 0 Å². The summed E-state index contributed by atoms with van der Waals surface area (Å²) in [5, 5.41) is 44.0. The predicted octanol–water partition coefficient (Wildman–Crippen LogP) is 16.5. The molecule has 1 fully saturated rings. The molecule has 8 aromatic heterocycles. The van der Waals surface area contributed by atoms with E-state index in [0.717, 1.165) is 203 Å². The number of hydrogen-bond acceptors (Lipinski definition) is 20. The van der Waals surface area contributed by atoms with Gasteiger partial charge in [-0.3, -0.25) is 64.4 Å². The molecule has 28 heteroatoms. The van der Waals surface area contributed by atoms with Crippen LogP contribution >= 0.6 is 0 Å². The molecular weight excluding hydrogens is 1610 g/mol. The van der Waals surface area contributed by atoms with Gasteiger partial charge in [-0.05, 0) is 305 Å². The second-order valence-electron chi connectivity index (χ2n) is 34.4. The molecule has 1 saturated heterocycles. The van der Waals surface area contributed by atoms with Crippen LogP contribution in [0.15, 0.2) is 244 Å². The van der Waals surface area contributed by atoms with Gasteiger partial charge in [0.2, 0.25) is 0 Å². The molecule has 1 aliphatic rings. The molecule has 28 nitrogen and oxygen atoms in total. The Morgan fingerprint density at radius 2 is 0.574 bits per heavy atom. The van der Waals surface area contributed by atoms with Crippen molar-refractivity contribution in [3.8, 4) is 44.5 Å². The van der Waals surface area contributed by atoms with Crippen molar-refractivity contribution in [2.75, 3.05) is 138 Å². The van der Waals surface area contributed by atoms with Crippen LogP contribution in [0.4, 0.5) is 28.4 Å². The van der Waals surface area contributed by atoms with Crippen LogP contribution in [0.1, 0.15) is 93.7 Å². The lowest BCUT2D eigenvalue weighted by Crippen LogP contribution is -2.18. The number of nitrogens with one attached hydrogen (secondary N) is 8.